The highest BCUT2D eigenvalue weighted by Gasteiger charge is 2.07. The highest BCUT2D eigenvalue weighted by Crippen LogP contribution is 1.96. The predicted molar refractivity (Wildman–Crippen MR) is 69.1 cm³/mol. The summed E-state index contributed by atoms with van der Waals surface area (Å²) >= 11 is 0. The van der Waals surface area contributed by atoms with E-state index in [1.54, 1.807) is 0 Å². The fourth-order valence-corrected chi connectivity index (χ4v) is 2.58. The minimum Gasteiger partial charge on any atom is -0.317 e. The van der Waals surface area contributed by atoms with Gasteiger partial charge >= 0.3 is 0 Å². The number of hydrogen-bond acceptors (Lipinski definition) is 3. The first-order chi connectivity index (χ1) is 7.62. The summed E-state index contributed by atoms with van der Waals surface area (Å²) in [5.41, 5.74) is 0. The summed E-state index contributed by atoms with van der Waals surface area (Å²) < 4.78 is 25.6. The standard InChI is InChI=1S/C11H26N2O2S/c1-3-5-6-10-13-16(14,15)11-8-7-9-12-4-2/h12-13H,3-11H2,1-2H3. The van der Waals surface area contributed by atoms with Gasteiger partial charge in [-0.3, -0.25) is 0 Å². The van der Waals surface area contributed by atoms with E-state index >= 15 is 0 Å². The van der Waals surface area contributed by atoms with Crippen LogP contribution in [0.1, 0.15) is 46.0 Å². The summed E-state index contributed by atoms with van der Waals surface area (Å²) in [6.45, 7) is 6.59. The van der Waals surface area contributed by atoms with Crippen LogP contribution >= 0.6 is 0 Å². The monoisotopic (exact) mass is 250 g/mol. The Morgan fingerprint density at radius 2 is 1.62 bits per heavy atom. The second-order valence-electron chi connectivity index (χ2n) is 3.98. The van der Waals surface area contributed by atoms with Gasteiger partial charge in [-0.15, -0.1) is 0 Å². The van der Waals surface area contributed by atoms with Crippen LogP contribution in [0.5, 0.6) is 0 Å². The van der Waals surface area contributed by atoms with E-state index in [9.17, 15) is 8.42 Å². The van der Waals surface area contributed by atoms with Crippen LogP contribution < -0.4 is 10.0 Å². The fraction of sp³-hybridized carbons (Fsp3) is 1.00. The van der Waals surface area contributed by atoms with Crippen molar-refractivity contribution < 1.29 is 8.42 Å². The number of unbranched alkanes of at least 4 members (excludes halogenated alkanes) is 3. The van der Waals surface area contributed by atoms with Gasteiger partial charge in [0.1, 0.15) is 0 Å². The van der Waals surface area contributed by atoms with Crippen LogP contribution in [0.25, 0.3) is 0 Å². The number of hydrogen-bond donors (Lipinski definition) is 2. The van der Waals surface area contributed by atoms with Crippen LogP contribution in [0.3, 0.4) is 0 Å². The Kier molecular flexibility index (Phi) is 9.97. The van der Waals surface area contributed by atoms with Crippen molar-refractivity contribution in [2.24, 2.45) is 0 Å². The van der Waals surface area contributed by atoms with Crippen LogP contribution in [0, 0.1) is 0 Å². The number of nitrogens with one attached hydrogen (secondary N) is 2. The molecule has 5 heteroatoms. The molecular formula is C11H26N2O2S. The molecule has 0 aliphatic heterocycles. The van der Waals surface area contributed by atoms with Gasteiger partial charge in [0.05, 0.1) is 5.75 Å². The molecule has 0 aromatic rings. The Hall–Kier alpha value is -0.130. The van der Waals surface area contributed by atoms with E-state index in [4.69, 9.17) is 0 Å². The van der Waals surface area contributed by atoms with Crippen molar-refractivity contribution in [1.29, 1.82) is 0 Å². The normalized spacial score (nSPS) is 11.9. The first-order valence-corrected chi connectivity index (χ1v) is 7.95. The van der Waals surface area contributed by atoms with E-state index in [0.717, 1.165) is 45.2 Å². The summed E-state index contributed by atoms with van der Waals surface area (Å²) in [7, 11) is -3.03. The van der Waals surface area contributed by atoms with Crippen LogP contribution in [-0.2, 0) is 10.0 Å². The first-order valence-electron chi connectivity index (χ1n) is 6.30. The molecule has 0 aliphatic carbocycles. The largest absolute Gasteiger partial charge is 0.317 e. The zero-order valence-corrected chi connectivity index (χ0v) is 11.4. The van der Waals surface area contributed by atoms with Crippen molar-refractivity contribution in [2.75, 3.05) is 25.4 Å². The lowest BCUT2D eigenvalue weighted by Crippen LogP contribution is -2.27. The maximum absolute atomic E-state index is 11.5. The highest BCUT2D eigenvalue weighted by atomic mass is 32.2. The van der Waals surface area contributed by atoms with Gasteiger partial charge in [0, 0.05) is 6.54 Å². The lowest BCUT2D eigenvalue weighted by atomic mass is 10.3. The summed E-state index contributed by atoms with van der Waals surface area (Å²) in [6.07, 6.45) is 4.79. The Balaban J connectivity index is 3.47. The molecule has 0 atom stereocenters. The molecule has 0 aromatic carbocycles. The van der Waals surface area contributed by atoms with E-state index < -0.39 is 10.0 Å². The molecule has 0 radical (unpaired) electrons. The molecule has 0 aromatic heterocycles. The van der Waals surface area contributed by atoms with E-state index in [2.05, 4.69) is 17.0 Å². The molecule has 4 nitrogen and oxygen atoms in total. The van der Waals surface area contributed by atoms with Gasteiger partial charge in [-0.1, -0.05) is 26.7 Å². The lowest BCUT2D eigenvalue weighted by Gasteiger charge is -2.06. The Morgan fingerprint density at radius 3 is 2.25 bits per heavy atom. The smallest absolute Gasteiger partial charge is 0.211 e. The molecular weight excluding hydrogens is 224 g/mol. The molecule has 0 aliphatic rings. The van der Waals surface area contributed by atoms with Crippen LogP contribution in [0.15, 0.2) is 0 Å². The average molecular weight is 250 g/mol. The highest BCUT2D eigenvalue weighted by molar-refractivity contribution is 7.89. The van der Waals surface area contributed by atoms with E-state index in [0.29, 0.717) is 6.54 Å². The molecule has 0 saturated carbocycles. The van der Waals surface area contributed by atoms with Crippen molar-refractivity contribution in [1.82, 2.24) is 10.0 Å². The molecule has 98 valence electrons. The summed E-state index contributed by atoms with van der Waals surface area (Å²) in [5, 5.41) is 3.18. The van der Waals surface area contributed by atoms with Crippen LogP contribution in [0.2, 0.25) is 0 Å². The maximum atomic E-state index is 11.5. The Morgan fingerprint density at radius 1 is 0.938 bits per heavy atom. The zero-order valence-electron chi connectivity index (χ0n) is 10.6. The molecule has 2 N–H and O–H groups in total. The molecule has 0 saturated heterocycles. The second kappa shape index (κ2) is 10.1. The first kappa shape index (κ1) is 15.9. The van der Waals surface area contributed by atoms with Crippen molar-refractivity contribution >= 4 is 10.0 Å². The lowest BCUT2D eigenvalue weighted by molar-refractivity contribution is 0.569. The van der Waals surface area contributed by atoms with Crippen LogP contribution in [0.4, 0.5) is 0 Å². The van der Waals surface area contributed by atoms with Gasteiger partial charge in [-0.25, -0.2) is 13.1 Å². The third kappa shape index (κ3) is 10.4. The van der Waals surface area contributed by atoms with Gasteiger partial charge in [0.2, 0.25) is 10.0 Å². The van der Waals surface area contributed by atoms with Gasteiger partial charge in [-0.05, 0) is 32.4 Å². The van der Waals surface area contributed by atoms with Gasteiger partial charge < -0.3 is 5.32 Å². The molecule has 0 bridgehead atoms. The SMILES string of the molecule is CCCCCNS(=O)(=O)CCCCNCC. The van der Waals surface area contributed by atoms with Gasteiger partial charge in [-0.2, -0.15) is 0 Å². The van der Waals surface area contributed by atoms with Gasteiger partial charge in [0.25, 0.3) is 0 Å². The van der Waals surface area contributed by atoms with Crippen molar-refractivity contribution in [3.8, 4) is 0 Å². The second-order valence-corrected chi connectivity index (χ2v) is 5.91. The summed E-state index contributed by atoms with van der Waals surface area (Å²) in [6, 6.07) is 0. The van der Waals surface area contributed by atoms with Crippen molar-refractivity contribution in [3.05, 3.63) is 0 Å². The summed E-state index contributed by atoms with van der Waals surface area (Å²) in [5.74, 6) is 0.254. The molecule has 0 rings (SSSR count). The third-order valence-electron chi connectivity index (χ3n) is 2.37. The maximum Gasteiger partial charge on any atom is 0.211 e. The predicted octanol–water partition coefficient (Wildman–Crippen LogP) is 1.49. The minimum absolute atomic E-state index is 0.254. The Bertz CT molecular complexity index is 240. The number of rotatable bonds is 11. The molecule has 0 heterocycles. The average Bonchev–Trinajstić information content (AvgIpc) is 2.24. The zero-order chi connectivity index (χ0) is 12.3. The summed E-state index contributed by atoms with van der Waals surface area (Å²) in [4.78, 5) is 0. The fourth-order valence-electron chi connectivity index (χ4n) is 1.39. The van der Waals surface area contributed by atoms with Crippen molar-refractivity contribution in [2.45, 2.75) is 46.0 Å². The van der Waals surface area contributed by atoms with E-state index in [1.165, 1.54) is 0 Å². The quantitative estimate of drug-likeness (QED) is 0.546. The Labute approximate surface area is 100 Å². The van der Waals surface area contributed by atoms with Gasteiger partial charge in [0.15, 0.2) is 0 Å². The number of sulfonamides is 1. The van der Waals surface area contributed by atoms with Crippen LogP contribution in [-0.4, -0.2) is 33.8 Å². The molecule has 0 spiro atoms. The third-order valence-corrected chi connectivity index (χ3v) is 3.84. The molecule has 0 unspecified atom stereocenters. The van der Waals surface area contributed by atoms with E-state index in [-0.39, 0.29) is 5.75 Å². The minimum atomic E-state index is -3.03. The topological polar surface area (TPSA) is 58.2 Å². The molecule has 16 heavy (non-hydrogen) atoms. The van der Waals surface area contributed by atoms with E-state index in [1.807, 2.05) is 6.92 Å². The molecule has 0 fully saturated rings. The molecule has 0 amide bonds. The van der Waals surface area contributed by atoms with Crippen molar-refractivity contribution in [3.63, 3.8) is 0 Å².